The van der Waals surface area contributed by atoms with Crippen molar-refractivity contribution in [1.29, 1.82) is 0 Å². The highest BCUT2D eigenvalue weighted by Crippen LogP contribution is 2.37. The van der Waals surface area contributed by atoms with E-state index in [1.54, 1.807) is 0 Å². The summed E-state index contributed by atoms with van der Waals surface area (Å²) in [4.78, 5) is 0. The molecule has 2 aliphatic heterocycles. The van der Waals surface area contributed by atoms with Gasteiger partial charge in [0, 0.05) is 17.7 Å². The van der Waals surface area contributed by atoms with Gasteiger partial charge < -0.3 is 15.2 Å². The van der Waals surface area contributed by atoms with Crippen LogP contribution in [0.3, 0.4) is 0 Å². The minimum atomic E-state index is 0.0995. The van der Waals surface area contributed by atoms with Crippen molar-refractivity contribution in [3.63, 3.8) is 0 Å². The minimum Gasteiger partial charge on any atom is -0.490 e. The van der Waals surface area contributed by atoms with Crippen LogP contribution in [0.2, 0.25) is 0 Å². The zero-order valence-electron chi connectivity index (χ0n) is 11.1. The molecule has 4 heteroatoms. The maximum atomic E-state index is 6.42. The maximum Gasteiger partial charge on any atom is 0.161 e. The number of hydrogen-bond donors (Lipinski definition) is 1. The highest BCUT2D eigenvalue weighted by Gasteiger charge is 2.23. The van der Waals surface area contributed by atoms with Gasteiger partial charge in [0.1, 0.15) is 0 Å². The molecular weight excluding hydrogens is 258 g/mol. The van der Waals surface area contributed by atoms with Gasteiger partial charge in [-0.25, -0.2) is 0 Å². The standard InChI is InChI=1S/C15H21NO2S/c16-15(14-4-1-2-9-19-14)11-5-6-12-13(10-11)18-8-3-7-17-12/h5-6,10,14-15H,1-4,7-9,16H2. The lowest BCUT2D eigenvalue weighted by molar-refractivity contribution is 0.297. The average Bonchev–Trinajstić information content (AvgIpc) is 2.72. The Morgan fingerprint density at radius 2 is 1.95 bits per heavy atom. The largest absolute Gasteiger partial charge is 0.490 e. The van der Waals surface area contributed by atoms with Crippen LogP contribution in [-0.2, 0) is 0 Å². The SMILES string of the molecule is NC(c1ccc2c(c1)OCCCO2)C1CCCCS1. The van der Waals surface area contributed by atoms with E-state index < -0.39 is 0 Å². The zero-order valence-corrected chi connectivity index (χ0v) is 12.0. The summed E-state index contributed by atoms with van der Waals surface area (Å²) in [5.74, 6) is 2.94. The lowest BCUT2D eigenvalue weighted by Gasteiger charge is -2.27. The molecule has 0 aliphatic carbocycles. The summed E-state index contributed by atoms with van der Waals surface area (Å²) >= 11 is 2.01. The van der Waals surface area contributed by atoms with Gasteiger partial charge in [-0.2, -0.15) is 11.8 Å². The number of fused-ring (bicyclic) bond motifs is 1. The van der Waals surface area contributed by atoms with Gasteiger partial charge in [0.25, 0.3) is 0 Å². The third-order valence-corrected chi connectivity index (χ3v) is 5.25. The molecule has 1 aromatic rings. The lowest BCUT2D eigenvalue weighted by atomic mass is 10.00. The Bertz CT molecular complexity index is 432. The Morgan fingerprint density at radius 1 is 1.11 bits per heavy atom. The second-order valence-electron chi connectivity index (χ2n) is 5.19. The average molecular weight is 279 g/mol. The molecule has 104 valence electrons. The van der Waals surface area contributed by atoms with Crippen molar-refractivity contribution >= 4 is 11.8 Å². The molecule has 2 atom stereocenters. The second-order valence-corrected chi connectivity index (χ2v) is 6.53. The van der Waals surface area contributed by atoms with Crippen LogP contribution in [0, 0.1) is 0 Å². The Morgan fingerprint density at radius 3 is 2.74 bits per heavy atom. The molecule has 2 N–H and O–H groups in total. The summed E-state index contributed by atoms with van der Waals surface area (Å²) in [7, 11) is 0. The van der Waals surface area contributed by atoms with Crippen LogP contribution < -0.4 is 15.2 Å². The van der Waals surface area contributed by atoms with Crippen LogP contribution in [0.25, 0.3) is 0 Å². The van der Waals surface area contributed by atoms with Gasteiger partial charge in [0.05, 0.1) is 13.2 Å². The fraction of sp³-hybridized carbons (Fsp3) is 0.600. The Hall–Kier alpha value is -0.870. The summed E-state index contributed by atoms with van der Waals surface area (Å²) in [6, 6.07) is 6.26. The Kier molecular flexibility index (Phi) is 4.18. The molecule has 0 spiro atoms. The van der Waals surface area contributed by atoms with E-state index in [-0.39, 0.29) is 6.04 Å². The normalized spacial score (nSPS) is 24.6. The third kappa shape index (κ3) is 3.00. The van der Waals surface area contributed by atoms with E-state index in [1.165, 1.54) is 30.6 Å². The molecule has 0 aromatic heterocycles. The van der Waals surface area contributed by atoms with E-state index in [9.17, 15) is 0 Å². The molecule has 0 bridgehead atoms. The van der Waals surface area contributed by atoms with E-state index in [0.29, 0.717) is 5.25 Å². The highest BCUT2D eigenvalue weighted by molar-refractivity contribution is 8.00. The van der Waals surface area contributed by atoms with E-state index in [2.05, 4.69) is 12.1 Å². The van der Waals surface area contributed by atoms with Crippen LogP contribution in [0.4, 0.5) is 0 Å². The first-order chi connectivity index (χ1) is 9.34. The number of nitrogens with two attached hydrogens (primary N) is 1. The maximum absolute atomic E-state index is 6.42. The van der Waals surface area contributed by atoms with Gasteiger partial charge in [0.15, 0.2) is 11.5 Å². The monoisotopic (exact) mass is 279 g/mol. The lowest BCUT2D eigenvalue weighted by Crippen LogP contribution is -2.26. The fourth-order valence-electron chi connectivity index (χ4n) is 2.65. The van der Waals surface area contributed by atoms with E-state index in [1.807, 2.05) is 17.8 Å². The molecule has 1 saturated heterocycles. The van der Waals surface area contributed by atoms with Crippen LogP contribution in [0.1, 0.15) is 37.3 Å². The molecule has 1 aromatic carbocycles. The smallest absolute Gasteiger partial charge is 0.161 e. The van der Waals surface area contributed by atoms with Gasteiger partial charge in [-0.1, -0.05) is 12.5 Å². The van der Waals surface area contributed by atoms with Crippen LogP contribution >= 0.6 is 11.8 Å². The van der Waals surface area contributed by atoms with Gasteiger partial charge in [-0.05, 0) is 36.3 Å². The van der Waals surface area contributed by atoms with Gasteiger partial charge >= 0.3 is 0 Å². The van der Waals surface area contributed by atoms with E-state index in [0.717, 1.165) is 31.1 Å². The molecule has 0 radical (unpaired) electrons. The number of rotatable bonds is 2. The summed E-state index contributed by atoms with van der Waals surface area (Å²) in [5, 5.41) is 0.540. The van der Waals surface area contributed by atoms with Crippen molar-refractivity contribution in [3.8, 4) is 11.5 Å². The molecule has 0 saturated carbocycles. The zero-order chi connectivity index (χ0) is 13.1. The summed E-state index contributed by atoms with van der Waals surface area (Å²) < 4.78 is 11.4. The quantitative estimate of drug-likeness (QED) is 0.903. The molecule has 3 rings (SSSR count). The molecule has 3 nitrogen and oxygen atoms in total. The first-order valence-electron chi connectivity index (χ1n) is 7.11. The van der Waals surface area contributed by atoms with Crippen LogP contribution in [-0.4, -0.2) is 24.2 Å². The topological polar surface area (TPSA) is 44.5 Å². The first-order valence-corrected chi connectivity index (χ1v) is 8.16. The number of ether oxygens (including phenoxy) is 2. The Labute approximate surface area is 118 Å². The van der Waals surface area contributed by atoms with Crippen LogP contribution in [0.15, 0.2) is 18.2 Å². The molecule has 0 amide bonds. The molecule has 19 heavy (non-hydrogen) atoms. The van der Waals surface area contributed by atoms with Crippen molar-refractivity contribution in [3.05, 3.63) is 23.8 Å². The van der Waals surface area contributed by atoms with Gasteiger partial charge in [-0.15, -0.1) is 0 Å². The van der Waals surface area contributed by atoms with Gasteiger partial charge in [0.2, 0.25) is 0 Å². The predicted octanol–water partition coefficient (Wildman–Crippen LogP) is 3.13. The second kappa shape index (κ2) is 6.06. The van der Waals surface area contributed by atoms with Crippen molar-refractivity contribution in [1.82, 2.24) is 0 Å². The van der Waals surface area contributed by atoms with Crippen molar-refractivity contribution < 1.29 is 9.47 Å². The molecule has 2 heterocycles. The third-order valence-electron chi connectivity index (χ3n) is 3.77. The number of benzene rings is 1. The van der Waals surface area contributed by atoms with Crippen molar-refractivity contribution in [2.75, 3.05) is 19.0 Å². The predicted molar refractivity (Wildman–Crippen MR) is 79.1 cm³/mol. The fourth-order valence-corrected chi connectivity index (χ4v) is 4.02. The number of hydrogen-bond acceptors (Lipinski definition) is 4. The number of thioether (sulfide) groups is 1. The highest BCUT2D eigenvalue weighted by atomic mass is 32.2. The summed E-state index contributed by atoms with van der Waals surface area (Å²) in [6.45, 7) is 1.46. The molecular formula is C15H21NO2S. The summed E-state index contributed by atoms with van der Waals surface area (Å²) in [5.41, 5.74) is 7.59. The minimum absolute atomic E-state index is 0.0995. The van der Waals surface area contributed by atoms with Crippen molar-refractivity contribution in [2.45, 2.75) is 37.0 Å². The van der Waals surface area contributed by atoms with E-state index in [4.69, 9.17) is 15.2 Å². The van der Waals surface area contributed by atoms with Gasteiger partial charge in [-0.3, -0.25) is 0 Å². The van der Waals surface area contributed by atoms with E-state index >= 15 is 0 Å². The van der Waals surface area contributed by atoms with Crippen molar-refractivity contribution in [2.24, 2.45) is 5.73 Å². The molecule has 2 unspecified atom stereocenters. The Balaban J connectivity index is 1.78. The summed E-state index contributed by atoms with van der Waals surface area (Å²) in [6.07, 6.45) is 4.79. The molecule has 1 fully saturated rings. The van der Waals surface area contributed by atoms with Crippen LogP contribution in [0.5, 0.6) is 11.5 Å². The first kappa shape index (κ1) is 13.1. The molecule has 2 aliphatic rings.